The second-order valence-electron chi connectivity index (χ2n) is 4.64. The fraction of sp³-hybridized carbons (Fsp3) is 0.462. The van der Waals surface area contributed by atoms with Crippen molar-refractivity contribution < 1.29 is 9.90 Å². The van der Waals surface area contributed by atoms with E-state index in [1.807, 2.05) is 19.9 Å². The lowest BCUT2D eigenvalue weighted by atomic mass is 10.0. The Morgan fingerprint density at radius 3 is 2.67 bits per heavy atom. The van der Waals surface area contributed by atoms with Gasteiger partial charge in [0.1, 0.15) is 6.04 Å². The number of nitrogens with one attached hydrogen (secondary N) is 1. The van der Waals surface area contributed by atoms with Crippen molar-refractivity contribution in [2.45, 2.75) is 32.9 Å². The average molecular weight is 335 g/mol. The Kier molecular flexibility index (Phi) is 6.12. The predicted molar refractivity (Wildman–Crippen MR) is 76.9 cm³/mol. The molecule has 0 radical (unpaired) electrons. The molecule has 0 saturated carbocycles. The van der Waals surface area contributed by atoms with Gasteiger partial charge in [-0.2, -0.15) is 0 Å². The van der Waals surface area contributed by atoms with Crippen molar-refractivity contribution in [2.24, 2.45) is 5.92 Å². The molecule has 0 amide bonds. The molecule has 1 rings (SSSR count). The summed E-state index contributed by atoms with van der Waals surface area (Å²) in [4.78, 5) is 11.1. The quantitative estimate of drug-likeness (QED) is 0.834. The summed E-state index contributed by atoms with van der Waals surface area (Å²) in [5.74, 6) is -0.471. The third kappa shape index (κ3) is 4.96. The van der Waals surface area contributed by atoms with Crippen LogP contribution in [0.3, 0.4) is 0 Å². The van der Waals surface area contributed by atoms with Crippen molar-refractivity contribution >= 4 is 33.5 Å². The molecule has 2 N–H and O–H groups in total. The summed E-state index contributed by atoms with van der Waals surface area (Å²) in [6.07, 6.45) is 0.612. The number of carboxylic acids is 1. The number of carbonyl (C=O) groups is 1. The monoisotopic (exact) mass is 333 g/mol. The number of hydrogen-bond acceptors (Lipinski definition) is 2. The van der Waals surface area contributed by atoms with Gasteiger partial charge in [-0.15, -0.1) is 0 Å². The van der Waals surface area contributed by atoms with Gasteiger partial charge in [0.25, 0.3) is 0 Å². The number of halogens is 2. The summed E-state index contributed by atoms with van der Waals surface area (Å²) >= 11 is 9.27. The molecule has 0 bridgehead atoms. The van der Waals surface area contributed by atoms with E-state index in [2.05, 4.69) is 21.2 Å². The Morgan fingerprint density at radius 2 is 2.17 bits per heavy atom. The molecule has 0 spiro atoms. The van der Waals surface area contributed by atoms with Gasteiger partial charge in [0.2, 0.25) is 0 Å². The highest BCUT2D eigenvalue weighted by molar-refractivity contribution is 9.10. The fourth-order valence-corrected chi connectivity index (χ4v) is 2.46. The molecule has 1 aromatic rings. The Morgan fingerprint density at radius 1 is 1.50 bits per heavy atom. The van der Waals surface area contributed by atoms with Gasteiger partial charge in [-0.05, 0) is 30.0 Å². The summed E-state index contributed by atoms with van der Waals surface area (Å²) < 4.78 is 0.885. The molecule has 0 aromatic heterocycles. The van der Waals surface area contributed by atoms with Crippen LogP contribution in [-0.4, -0.2) is 17.1 Å². The molecule has 100 valence electrons. The van der Waals surface area contributed by atoms with E-state index in [4.69, 9.17) is 16.7 Å². The van der Waals surface area contributed by atoms with Crippen LogP contribution >= 0.6 is 27.5 Å². The molecule has 0 saturated heterocycles. The Bertz CT molecular complexity index is 423. The summed E-state index contributed by atoms with van der Waals surface area (Å²) in [5, 5.41) is 12.8. The minimum absolute atomic E-state index is 0.340. The third-order valence-electron chi connectivity index (χ3n) is 2.56. The van der Waals surface area contributed by atoms with Crippen LogP contribution < -0.4 is 5.32 Å². The zero-order chi connectivity index (χ0) is 13.7. The second-order valence-corrected chi connectivity index (χ2v) is 5.93. The molecular weight excluding hydrogens is 318 g/mol. The maximum absolute atomic E-state index is 11.1. The van der Waals surface area contributed by atoms with Gasteiger partial charge in [-0.3, -0.25) is 4.79 Å². The lowest BCUT2D eigenvalue weighted by Crippen LogP contribution is -2.37. The highest BCUT2D eigenvalue weighted by Crippen LogP contribution is 2.21. The maximum Gasteiger partial charge on any atom is 0.320 e. The molecule has 18 heavy (non-hydrogen) atoms. The zero-order valence-corrected chi connectivity index (χ0v) is 12.8. The largest absolute Gasteiger partial charge is 0.480 e. The van der Waals surface area contributed by atoms with Crippen LogP contribution in [0.5, 0.6) is 0 Å². The van der Waals surface area contributed by atoms with E-state index < -0.39 is 12.0 Å². The van der Waals surface area contributed by atoms with Crippen LogP contribution in [0.2, 0.25) is 5.02 Å². The highest BCUT2D eigenvalue weighted by Gasteiger charge is 2.18. The zero-order valence-electron chi connectivity index (χ0n) is 10.4. The number of hydrogen-bond donors (Lipinski definition) is 2. The van der Waals surface area contributed by atoms with Gasteiger partial charge in [0.15, 0.2) is 0 Å². The van der Waals surface area contributed by atoms with Crippen LogP contribution in [0, 0.1) is 5.92 Å². The van der Waals surface area contributed by atoms with E-state index in [0.717, 1.165) is 10.0 Å². The Hall–Kier alpha value is -0.580. The van der Waals surface area contributed by atoms with Crippen molar-refractivity contribution in [3.8, 4) is 0 Å². The molecule has 0 fully saturated rings. The van der Waals surface area contributed by atoms with Crippen molar-refractivity contribution in [3.63, 3.8) is 0 Å². The number of aliphatic carboxylic acids is 1. The molecule has 0 aliphatic carbocycles. The molecule has 5 heteroatoms. The van der Waals surface area contributed by atoms with E-state index in [1.165, 1.54) is 0 Å². The lowest BCUT2D eigenvalue weighted by molar-refractivity contribution is -0.140. The first-order valence-electron chi connectivity index (χ1n) is 5.80. The standard InChI is InChI=1S/C13H17BrClNO2/c1-8(2)5-12(13(17)18)16-7-9-3-4-10(15)6-11(9)14/h3-4,6,8,12,16H,5,7H2,1-2H3,(H,17,18)/t12-/m1/s1. The Balaban J connectivity index is 2.64. The van der Waals surface area contributed by atoms with Gasteiger partial charge in [0.05, 0.1) is 0 Å². The molecule has 3 nitrogen and oxygen atoms in total. The van der Waals surface area contributed by atoms with E-state index in [-0.39, 0.29) is 0 Å². The van der Waals surface area contributed by atoms with Gasteiger partial charge in [-0.1, -0.05) is 47.4 Å². The van der Waals surface area contributed by atoms with Crippen molar-refractivity contribution in [1.82, 2.24) is 5.32 Å². The van der Waals surface area contributed by atoms with E-state index in [9.17, 15) is 4.79 Å². The van der Waals surface area contributed by atoms with Gasteiger partial charge in [-0.25, -0.2) is 0 Å². The fourth-order valence-electron chi connectivity index (χ4n) is 1.64. The van der Waals surface area contributed by atoms with Crippen molar-refractivity contribution in [2.75, 3.05) is 0 Å². The van der Waals surface area contributed by atoms with E-state index in [1.54, 1.807) is 12.1 Å². The van der Waals surface area contributed by atoms with Crippen LogP contribution in [0.25, 0.3) is 0 Å². The summed E-state index contributed by atoms with van der Waals surface area (Å²) in [6.45, 7) is 4.52. The van der Waals surface area contributed by atoms with Gasteiger partial charge < -0.3 is 10.4 Å². The first-order chi connectivity index (χ1) is 8.40. The minimum Gasteiger partial charge on any atom is -0.480 e. The van der Waals surface area contributed by atoms with Crippen LogP contribution in [-0.2, 0) is 11.3 Å². The van der Waals surface area contributed by atoms with Crippen LogP contribution in [0.4, 0.5) is 0 Å². The predicted octanol–water partition coefficient (Wildman–Crippen LogP) is 3.69. The topological polar surface area (TPSA) is 49.3 Å². The number of benzene rings is 1. The van der Waals surface area contributed by atoms with Crippen molar-refractivity contribution in [1.29, 1.82) is 0 Å². The Labute approximate surface area is 121 Å². The normalized spacial score (nSPS) is 12.7. The molecule has 0 aliphatic rings. The van der Waals surface area contributed by atoms with Gasteiger partial charge >= 0.3 is 5.97 Å². The average Bonchev–Trinajstić information content (AvgIpc) is 2.25. The summed E-state index contributed by atoms with van der Waals surface area (Å²) in [6, 6.07) is 4.96. The van der Waals surface area contributed by atoms with Crippen LogP contribution in [0.1, 0.15) is 25.8 Å². The first-order valence-corrected chi connectivity index (χ1v) is 6.97. The molecule has 1 aromatic carbocycles. The lowest BCUT2D eigenvalue weighted by Gasteiger charge is -2.17. The maximum atomic E-state index is 11.1. The van der Waals surface area contributed by atoms with Crippen LogP contribution in [0.15, 0.2) is 22.7 Å². The number of carboxylic acid groups (broad SMARTS) is 1. The summed E-state index contributed by atoms with van der Waals surface area (Å²) in [7, 11) is 0. The molecule has 0 unspecified atom stereocenters. The SMILES string of the molecule is CC(C)C[C@@H](NCc1ccc(Cl)cc1Br)C(=O)O. The minimum atomic E-state index is -0.811. The summed E-state index contributed by atoms with van der Waals surface area (Å²) in [5.41, 5.74) is 0.995. The van der Waals surface area contributed by atoms with E-state index in [0.29, 0.717) is 23.9 Å². The molecule has 1 atom stereocenters. The molecule has 0 heterocycles. The smallest absolute Gasteiger partial charge is 0.320 e. The number of rotatable bonds is 6. The van der Waals surface area contributed by atoms with Gasteiger partial charge in [0, 0.05) is 16.0 Å². The van der Waals surface area contributed by atoms with Crippen molar-refractivity contribution in [3.05, 3.63) is 33.3 Å². The highest BCUT2D eigenvalue weighted by atomic mass is 79.9. The van der Waals surface area contributed by atoms with E-state index >= 15 is 0 Å². The molecular formula is C13H17BrClNO2. The second kappa shape index (κ2) is 7.12. The first kappa shape index (κ1) is 15.5. The third-order valence-corrected chi connectivity index (χ3v) is 3.53. The molecule has 0 aliphatic heterocycles.